The first kappa shape index (κ1) is 23.9. The Hall–Kier alpha value is -1.79. The molecule has 0 saturated heterocycles. The number of nitrogens with zero attached hydrogens (tertiary/aromatic N) is 4. The highest BCUT2D eigenvalue weighted by molar-refractivity contribution is 14.1. The zero-order valence-electron chi connectivity index (χ0n) is 17.0. The highest BCUT2D eigenvalue weighted by Crippen LogP contribution is 2.19. The van der Waals surface area contributed by atoms with Gasteiger partial charge in [0.15, 0.2) is 0 Å². The summed E-state index contributed by atoms with van der Waals surface area (Å²) in [5.41, 5.74) is 2.36. The van der Waals surface area contributed by atoms with Gasteiger partial charge in [0.2, 0.25) is 0 Å². The first-order valence-corrected chi connectivity index (χ1v) is 11.8. The molecule has 4 rings (SSSR count). The van der Waals surface area contributed by atoms with Crippen LogP contribution in [0.25, 0.3) is 0 Å². The number of halogens is 3. The molecular weight excluding hydrogens is 642 g/mol. The highest BCUT2D eigenvalue weighted by atomic mass is 127. The monoisotopic (exact) mass is 662 g/mol. The normalized spacial score (nSPS) is 10.4. The van der Waals surface area contributed by atoms with Gasteiger partial charge in [-0.15, -0.1) is 0 Å². The maximum Gasteiger partial charge on any atom is 0.140 e. The quantitative estimate of drug-likeness (QED) is 0.247. The number of hydrogen-bond acceptors (Lipinski definition) is 4. The Labute approximate surface area is 213 Å². The lowest BCUT2D eigenvalue weighted by atomic mass is 10.2. The van der Waals surface area contributed by atoms with Crippen molar-refractivity contribution >= 4 is 56.8 Å². The molecule has 0 aliphatic carbocycles. The molecule has 2 aromatic carbocycles. The molecule has 31 heavy (non-hydrogen) atoms. The van der Waals surface area contributed by atoms with Crippen LogP contribution in [-0.4, -0.2) is 33.8 Å². The molecule has 0 aliphatic heterocycles. The number of methoxy groups -OCH3 is 2. The zero-order chi connectivity index (χ0) is 22.2. The predicted molar refractivity (Wildman–Crippen MR) is 139 cm³/mol. The number of hydrogen-bond donors (Lipinski definition) is 0. The van der Waals surface area contributed by atoms with Gasteiger partial charge in [-0.1, -0.05) is 35.9 Å². The molecule has 2 heterocycles. The molecule has 0 N–H and O–H groups in total. The van der Waals surface area contributed by atoms with E-state index >= 15 is 0 Å². The van der Waals surface area contributed by atoms with E-state index in [1.54, 1.807) is 25.1 Å². The highest BCUT2D eigenvalue weighted by Gasteiger charge is 2.06. The average Bonchev–Trinajstić information content (AvgIpc) is 3.35. The van der Waals surface area contributed by atoms with Crippen LogP contribution in [-0.2, 0) is 13.1 Å². The van der Waals surface area contributed by atoms with Crippen LogP contribution in [0.5, 0.6) is 11.5 Å². The second-order valence-corrected chi connectivity index (χ2v) is 9.26. The molecule has 4 aromatic rings. The molecule has 9 heteroatoms. The molecule has 0 bridgehead atoms. The zero-order valence-corrected chi connectivity index (χ0v) is 22.1. The topological polar surface area (TPSA) is 54.1 Å². The lowest BCUT2D eigenvalue weighted by molar-refractivity contribution is 0.414. The lowest BCUT2D eigenvalue weighted by Gasteiger charge is -2.04. The van der Waals surface area contributed by atoms with E-state index in [1.807, 2.05) is 65.6 Å². The van der Waals surface area contributed by atoms with Gasteiger partial charge in [-0.25, -0.2) is 4.68 Å². The third kappa shape index (κ3) is 7.11. The SMILES string of the molecule is COc1ccc(Cn2cc(I)cn2)cc1.COc1ccc(Cn2ncc(I)c2Cl)cc1. The minimum Gasteiger partial charge on any atom is -0.497 e. The third-order valence-electron chi connectivity index (χ3n) is 4.33. The van der Waals surface area contributed by atoms with E-state index in [9.17, 15) is 0 Å². The van der Waals surface area contributed by atoms with Crippen molar-refractivity contribution in [1.29, 1.82) is 0 Å². The number of aromatic nitrogens is 4. The summed E-state index contributed by atoms with van der Waals surface area (Å²) in [5.74, 6) is 1.73. The second kappa shape index (κ2) is 11.7. The van der Waals surface area contributed by atoms with Crippen molar-refractivity contribution < 1.29 is 9.47 Å². The first-order valence-electron chi connectivity index (χ1n) is 9.29. The molecule has 0 amide bonds. The van der Waals surface area contributed by atoms with Crippen LogP contribution in [0.2, 0.25) is 5.15 Å². The molecule has 0 unspecified atom stereocenters. The van der Waals surface area contributed by atoms with E-state index in [-0.39, 0.29) is 0 Å². The van der Waals surface area contributed by atoms with Crippen LogP contribution in [0.15, 0.2) is 67.1 Å². The average molecular weight is 663 g/mol. The van der Waals surface area contributed by atoms with Gasteiger partial charge in [0, 0.05) is 6.20 Å². The molecule has 0 radical (unpaired) electrons. The van der Waals surface area contributed by atoms with Gasteiger partial charge in [-0.3, -0.25) is 4.68 Å². The predicted octanol–water partition coefficient (Wildman–Crippen LogP) is 5.74. The van der Waals surface area contributed by atoms with Crippen molar-refractivity contribution in [3.8, 4) is 11.5 Å². The van der Waals surface area contributed by atoms with E-state index in [0.29, 0.717) is 11.7 Å². The Morgan fingerprint density at radius 2 is 1.35 bits per heavy atom. The fraction of sp³-hybridized carbons (Fsp3) is 0.182. The summed E-state index contributed by atoms with van der Waals surface area (Å²) in [7, 11) is 3.33. The smallest absolute Gasteiger partial charge is 0.140 e. The summed E-state index contributed by atoms with van der Waals surface area (Å²) >= 11 is 10.5. The van der Waals surface area contributed by atoms with E-state index in [1.165, 1.54) is 5.56 Å². The molecule has 0 aliphatic rings. The number of rotatable bonds is 6. The van der Waals surface area contributed by atoms with Gasteiger partial charge in [-0.2, -0.15) is 10.2 Å². The van der Waals surface area contributed by atoms with E-state index < -0.39 is 0 Å². The third-order valence-corrected chi connectivity index (χ3v) is 6.39. The minimum atomic E-state index is 0.672. The summed E-state index contributed by atoms with van der Waals surface area (Å²) in [6.45, 7) is 1.47. The molecular formula is C22H21ClI2N4O2. The standard InChI is InChI=1S/C11H10ClIN2O.C11H11IN2O/c1-16-9-4-2-8(3-5-9)7-15-11(12)10(13)6-14-15;1-15-11-4-2-9(3-5-11)7-14-8-10(12)6-13-14/h2-6H,7H2,1H3;2-6,8H,7H2,1H3. The molecule has 2 aromatic heterocycles. The minimum absolute atomic E-state index is 0.672. The van der Waals surface area contributed by atoms with Crippen molar-refractivity contribution in [2.24, 2.45) is 0 Å². The first-order chi connectivity index (χ1) is 15.0. The number of ether oxygens (including phenoxy) is 2. The Morgan fingerprint density at radius 3 is 1.77 bits per heavy atom. The van der Waals surface area contributed by atoms with E-state index in [0.717, 1.165) is 30.7 Å². The Morgan fingerprint density at radius 1 is 0.806 bits per heavy atom. The Balaban J connectivity index is 0.000000176. The summed E-state index contributed by atoms with van der Waals surface area (Å²) in [6, 6.07) is 15.9. The maximum absolute atomic E-state index is 6.09. The molecule has 0 spiro atoms. The molecule has 6 nitrogen and oxygen atoms in total. The van der Waals surface area contributed by atoms with Crippen LogP contribution in [0.1, 0.15) is 11.1 Å². The van der Waals surface area contributed by atoms with Gasteiger partial charge in [-0.05, 0) is 80.6 Å². The lowest BCUT2D eigenvalue weighted by Crippen LogP contribution is -2.01. The van der Waals surface area contributed by atoms with Gasteiger partial charge >= 0.3 is 0 Å². The van der Waals surface area contributed by atoms with Crippen LogP contribution in [0, 0.1) is 7.14 Å². The summed E-state index contributed by atoms with van der Waals surface area (Å²) < 4.78 is 16.0. The second-order valence-electron chi connectivity index (χ2n) is 6.49. The largest absolute Gasteiger partial charge is 0.497 e. The Kier molecular flexibility index (Phi) is 9.02. The summed E-state index contributed by atoms with van der Waals surface area (Å²) in [6.07, 6.45) is 5.63. The fourth-order valence-corrected chi connectivity index (χ4v) is 3.71. The van der Waals surface area contributed by atoms with Crippen molar-refractivity contribution in [2.75, 3.05) is 14.2 Å². The molecule has 0 saturated carbocycles. The fourth-order valence-electron chi connectivity index (χ4n) is 2.70. The molecule has 0 atom stereocenters. The van der Waals surface area contributed by atoms with Crippen molar-refractivity contribution in [3.63, 3.8) is 0 Å². The van der Waals surface area contributed by atoms with Crippen molar-refractivity contribution in [2.45, 2.75) is 13.1 Å². The molecule has 162 valence electrons. The van der Waals surface area contributed by atoms with Gasteiger partial charge in [0.05, 0.1) is 46.8 Å². The van der Waals surface area contributed by atoms with Crippen LogP contribution in [0.4, 0.5) is 0 Å². The maximum atomic E-state index is 6.09. The van der Waals surface area contributed by atoms with Gasteiger partial charge in [0.25, 0.3) is 0 Å². The van der Waals surface area contributed by atoms with Gasteiger partial charge < -0.3 is 9.47 Å². The van der Waals surface area contributed by atoms with E-state index in [4.69, 9.17) is 21.1 Å². The van der Waals surface area contributed by atoms with Crippen molar-refractivity contribution in [1.82, 2.24) is 19.6 Å². The summed E-state index contributed by atoms with van der Waals surface area (Å²) in [4.78, 5) is 0. The van der Waals surface area contributed by atoms with Crippen LogP contribution in [0.3, 0.4) is 0 Å². The Bertz CT molecular complexity index is 1100. The van der Waals surface area contributed by atoms with Crippen molar-refractivity contribution in [3.05, 3.63) is 90.5 Å². The van der Waals surface area contributed by atoms with E-state index in [2.05, 4.69) is 55.4 Å². The molecule has 0 fully saturated rings. The summed E-state index contributed by atoms with van der Waals surface area (Å²) in [5, 5.41) is 9.11. The van der Waals surface area contributed by atoms with Crippen LogP contribution >= 0.6 is 56.8 Å². The van der Waals surface area contributed by atoms with Gasteiger partial charge in [0.1, 0.15) is 16.7 Å². The van der Waals surface area contributed by atoms with Crippen LogP contribution < -0.4 is 9.47 Å². The number of benzene rings is 2.